The number of rotatable bonds is 0. The summed E-state index contributed by atoms with van der Waals surface area (Å²) >= 11 is 14.0. The predicted octanol–water partition coefficient (Wildman–Crippen LogP) is 3.93. The molecule has 14 heavy (non-hydrogen) atoms. The van der Waals surface area contributed by atoms with Crippen LogP contribution in [0.2, 0.25) is 5.02 Å². The van der Waals surface area contributed by atoms with Crippen molar-refractivity contribution in [1.29, 1.82) is 0 Å². The average molecular weight is 295 g/mol. The zero-order chi connectivity index (χ0) is 10.3. The van der Waals surface area contributed by atoms with E-state index in [4.69, 9.17) is 23.8 Å². The van der Waals surface area contributed by atoms with E-state index in [0.29, 0.717) is 15.1 Å². The molecule has 1 heterocycles. The van der Waals surface area contributed by atoms with E-state index in [9.17, 15) is 4.39 Å². The monoisotopic (exact) mass is 293 g/mol. The van der Waals surface area contributed by atoms with Crippen molar-refractivity contribution in [2.75, 3.05) is 5.32 Å². The van der Waals surface area contributed by atoms with E-state index in [1.807, 2.05) is 0 Å². The quantitative estimate of drug-likeness (QED) is 0.575. The Balaban J connectivity index is 2.60. The smallest absolute Gasteiger partial charge is 0.158 e. The number of fused-ring (bicyclic) bond motifs is 1. The first-order valence-corrected chi connectivity index (χ1v) is 5.63. The van der Waals surface area contributed by atoms with Crippen LogP contribution in [-0.4, -0.2) is 4.99 Å². The van der Waals surface area contributed by atoms with Crippen LogP contribution in [0.1, 0.15) is 12.0 Å². The molecule has 2 rings (SSSR count). The molecule has 1 nitrogen and oxygen atoms in total. The summed E-state index contributed by atoms with van der Waals surface area (Å²) in [4.78, 5) is 0.709. The van der Waals surface area contributed by atoms with Gasteiger partial charge in [0.05, 0.1) is 15.1 Å². The molecule has 74 valence electrons. The lowest BCUT2D eigenvalue weighted by Crippen LogP contribution is -2.18. The number of halogens is 3. The van der Waals surface area contributed by atoms with Crippen LogP contribution < -0.4 is 5.32 Å². The Bertz CT molecular complexity index is 422. The summed E-state index contributed by atoms with van der Waals surface area (Å²) in [5, 5.41) is 3.04. The molecule has 0 amide bonds. The van der Waals surface area contributed by atoms with Crippen LogP contribution in [0.4, 0.5) is 10.1 Å². The van der Waals surface area contributed by atoms with Crippen LogP contribution in [0, 0.1) is 5.82 Å². The summed E-state index contributed by atoms with van der Waals surface area (Å²) < 4.78 is 13.8. The van der Waals surface area contributed by atoms with E-state index in [1.165, 1.54) is 0 Å². The lowest BCUT2D eigenvalue weighted by Gasteiger charge is -2.20. The zero-order valence-corrected chi connectivity index (χ0v) is 10.2. The topological polar surface area (TPSA) is 12.0 Å². The van der Waals surface area contributed by atoms with Crippen LogP contribution in [-0.2, 0) is 6.42 Å². The fourth-order valence-corrected chi connectivity index (χ4v) is 2.49. The Morgan fingerprint density at radius 1 is 1.50 bits per heavy atom. The minimum absolute atomic E-state index is 0.108. The zero-order valence-electron chi connectivity index (χ0n) is 7.03. The number of anilines is 1. The molecule has 0 bridgehead atoms. The van der Waals surface area contributed by atoms with Gasteiger partial charge in [0.2, 0.25) is 0 Å². The molecule has 0 fully saturated rings. The Kier molecular flexibility index (Phi) is 2.77. The highest BCUT2D eigenvalue weighted by Gasteiger charge is 2.19. The van der Waals surface area contributed by atoms with Gasteiger partial charge in [-0.25, -0.2) is 4.39 Å². The van der Waals surface area contributed by atoms with E-state index in [2.05, 4.69) is 21.2 Å². The van der Waals surface area contributed by atoms with Gasteiger partial charge in [-0.15, -0.1) is 0 Å². The van der Waals surface area contributed by atoms with Gasteiger partial charge in [0, 0.05) is 6.42 Å². The lowest BCUT2D eigenvalue weighted by molar-refractivity contribution is 0.621. The van der Waals surface area contributed by atoms with Gasteiger partial charge < -0.3 is 5.32 Å². The van der Waals surface area contributed by atoms with Crippen molar-refractivity contribution in [3.8, 4) is 0 Å². The van der Waals surface area contributed by atoms with Gasteiger partial charge in [0.1, 0.15) is 5.02 Å². The predicted molar refractivity (Wildman–Crippen MR) is 63.7 cm³/mol. The van der Waals surface area contributed by atoms with Gasteiger partial charge in [-0.3, -0.25) is 0 Å². The SMILES string of the molecule is Fc1c(Br)cc2c(c1Cl)NC(=S)CC2. The van der Waals surface area contributed by atoms with Crippen molar-refractivity contribution in [3.63, 3.8) is 0 Å². The summed E-state index contributed by atoms with van der Waals surface area (Å²) in [7, 11) is 0. The summed E-state index contributed by atoms with van der Waals surface area (Å²) in [5.41, 5.74) is 1.61. The third-order valence-corrected chi connectivity index (χ3v) is 3.37. The van der Waals surface area contributed by atoms with Gasteiger partial charge >= 0.3 is 0 Å². The number of benzene rings is 1. The van der Waals surface area contributed by atoms with Crippen molar-refractivity contribution < 1.29 is 4.39 Å². The lowest BCUT2D eigenvalue weighted by atomic mass is 10.0. The minimum Gasteiger partial charge on any atom is -0.348 e. The van der Waals surface area contributed by atoms with E-state index in [1.54, 1.807) is 6.07 Å². The van der Waals surface area contributed by atoms with Crippen LogP contribution >= 0.6 is 39.7 Å². The molecule has 0 saturated heterocycles. The second-order valence-corrected chi connectivity index (χ2v) is 4.79. The van der Waals surface area contributed by atoms with Crippen LogP contribution in [0.3, 0.4) is 0 Å². The fraction of sp³-hybridized carbons (Fsp3) is 0.222. The average Bonchev–Trinajstić information content (AvgIpc) is 2.16. The molecule has 0 radical (unpaired) electrons. The summed E-state index contributed by atoms with van der Waals surface area (Å²) in [6.45, 7) is 0. The molecule has 1 aromatic carbocycles. The van der Waals surface area contributed by atoms with Gasteiger partial charge in [-0.1, -0.05) is 23.8 Å². The van der Waals surface area contributed by atoms with E-state index < -0.39 is 5.82 Å². The first-order valence-electron chi connectivity index (χ1n) is 4.06. The molecule has 1 aliphatic rings. The van der Waals surface area contributed by atoms with Crippen molar-refractivity contribution in [2.24, 2.45) is 0 Å². The van der Waals surface area contributed by atoms with Gasteiger partial charge in [-0.2, -0.15) is 0 Å². The first-order chi connectivity index (χ1) is 6.59. The molecule has 0 aliphatic carbocycles. The molecule has 0 spiro atoms. The standard InChI is InChI=1S/C9H6BrClFNS/c10-5-3-4-1-2-6(14)13-9(4)7(11)8(5)12/h3H,1-2H2,(H,13,14). The first kappa shape index (κ1) is 10.3. The second-order valence-electron chi connectivity index (χ2n) is 3.07. The highest BCUT2D eigenvalue weighted by atomic mass is 79.9. The number of aryl methyl sites for hydroxylation is 1. The highest BCUT2D eigenvalue weighted by Crippen LogP contribution is 2.36. The van der Waals surface area contributed by atoms with Crippen LogP contribution in [0.15, 0.2) is 10.5 Å². The number of hydrogen-bond donors (Lipinski definition) is 1. The maximum Gasteiger partial charge on any atom is 0.158 e. The molecule has 1 aliphatic heterocycles. The van der Waals surface area contributed by atoms with Gasteiger partial charge in [0.15, 0.2) is 5.82 Å². The van der Waals surface area contributed by atoms with Crippen molar-refractivity contribution in [1.82, 2.24) is 0 Å². The maximum absolute atomic E-state index is 13.4. The summed E-state index contributed by atoms with van der Waals surface area (Å²) in [6.07, 6.45) is 1.59. The molecular weight excluding hydrogens is 289 g/mol. The van der Waals surface area contributed by atoms with E-state index in [-0.39, 0.29) is 5.02 Å². The van der Waals surface area contributed by atoms with Crippen molar-refractivity contribution >= 4 is 50.4 Å². The molecule has 5 heteroatoms. The van der Waals surface area contributed by atoms with Crippen molar-refractivity contribution in [2.45, 2.75) is 12.8 Å². The fourth-order valence-electron chi connectivity index (χ4n) is 1.43. The third kappa shape index (κ3) is 1.66. The summed E-state index contributed by atoms with van der Waals surface area (Å²) in [6, 6.07) is 1.74. The molecule has 0 aromatic heterocycles. The van der Waals surface area contributed by atoms with Crippen LogP contribution in [0.25, 0.3) is 0 Å². The summed E-state index contributed by atoms with van der Waals surface area (Å²) in [5.74, 6) is -0.442. The molecule has 0 atom stereocenters. The van der Waals surface area contributed by atoms with Gasteiger partial charge in [-0.05, 0) is 34.0 Å². The van der Waals surface area contributed by atoms with E-state index >= 15 is 0 Å². The van der Waals surface area contributed by atoms with E-state index in [0.717, 1.165) is 18.4 Å². The molecular formula is C9H6BrClFNS. The highest BCUT2D eigenvalue weighted by molar-refractivity contribution is 9.10. The van der Waals surface area contributed by atoms with Gasteiger partial charge in [0.25, 0.3) is 0 Å². The van der Waals surface area contributed by atoms with Crippen molar-refractivity contribution in [3.05, 3.63) is 26.9 Å². The Morgan fingerprint density at radius 2 is 2.21 bits per heavy atom. The number of hydrogen-bond acceptors (Lipinski definition) is 1. The number of thiocarbonyl (C=S) groups is 1. The minimum atomic E-state index is -0.442. The normalized spacial score (nSPS) is 14.9. The molecule has 1 aromatic rings. The third-order valence-electron chi connectivity index (χ3n) is 2.13. The van der Waals surface area contributed by atoms with Crippen LogP contribution in [0.5, 0.6) is 0 Å². The molecule has 0 saturated carbocycles. The Morgan fingerprint density at radius 3 is 2.93 bits per heavy atom. The largest absolute Gasteiger partial charge is 0.348 e. The number of nitrogens with one attached hydrogen (secondary N) is 1. The Labute approximate surface area is 99.8 Å². The second kappa shape index (κ2) is 3.76. The maximum atomic E-state index is 13.4. The Hall–Kier alpha value is -0.190. The molecule has 0 unspecified atom stereocenters. The molecule has 1 N–H and O–H groups in total.